The number of nitriles is 1. The fraction of sp³-hybridized carbons (Fsp3) is 0.0769. The summed E-state index contributed by atoms with van der Waals surface area (Å²) in [4.78, 5) is 14.2. The van der Waals surface area contributed by atoms with Crippen LogP contribution < -0.4 is 9.47 Å². The highest BCUT2D eigenvalue weighted by Crippen LogP contribution is 2.34. The molecule has 0 aliphatic carbocycles. The first-order valence-corrected chi connectivity index (χ1v) is 5.50. The lowest BCUT2D eigenvalue weighted by atomic mass is 10.2. The molecule has 7 heteroatoms. The molecule has 0 atom stereocenters. The largest absolute Gasteiger partial charge is 0.496 e. The SMILES string of the molecule is COc1ccc(Oc2ccnc(C#N)c2)c([N+](=O)[O-])c1. The van der Waals surface area contributed by atoms with Crippen LogP contribution in [0.4, 0.5) is 5.69 Å². The van der Waals surface area contributed by atoms with Crippen LogP contribution in [0.3, 0.4) is 0 Å². The van der Waals surface area contributed by atoms with Gasteiger partial charge in [0.05, 0.1) is 18.1 Å². The summed E-state index contributed by atoms with van der Waals surface area (Å²) < 4.78 is 10.4. The Labute approximate surface area is 114 Å². The Kier molecular flexibility index (Phi) is 3.77. The maximum atomic E-state index is 11.0. The molecule has 0 bridgehead atoms. The number of aromatic nitrogens is 1. The van der Waals surface area contributed by atoms with Crippen molar-refractivity contribution in [2.75, 3.05) is 7.11 Å². The van der Waals surface area contributed by atoms with Crippen LogP contribution in [0.15, 0.2) is 36.5 Å². The number of pyridine rings is 1. The molecule has 0 radical (unpaired) electrons. The lowest BCUT2D eigenvalue weighted by Gasteiger charge is -2.07. The van der Waals surface area contributed by atoms with Crippen molar-refractivity contribution >= 4 is 5.69 Å². The van der Waals surface area contributed by atoms with Crippen molar-refractivity contribution in [3.63, 3.8) is 0 Å². The first-order chi connectivity index (χ1) is 9.63. The van der Waals surface area contributed by atoms with E-state index >= 15 is 0 Å². The third-order valence-electron chi connectivity index (χ3n) is 2.44. The Balaban J connectivity index is 2.37. The Bertz CT molecular complexity index is 694. The molecular formula is C13H9N3O4. The summed E-state index contributed by atoms with van der Waals surface area (Å²) in [6, 6.07) is 9.02. The number of nitro benzene ring substituents is 1. The highest BCUT2D eigenvalue weighted by Gasteiger charge is 2.17. The number of hydrogen-bond acceptors (Lipinski definition) is 6. The van der Waals surface area contributed by atoms with Gasteiger partial charge < -0.3 is 9.47 Å². The summed E-state index contributed by atoms with van der Waals surface area (Å²) >= 11 is 0. The second-order valence-corrected chi connectivity index (χ2v) is 3.68. The maximum absolute atomic E-state index is 11.0. The lowest BCUT2D eigenvalue weighted by Crippen LogP contribution is -1.95. The summed E-state index contributed by atoms with van der Waals surface area (Å²) in [6.45, 7) is 0. The highest BCUT2D eigenvalue weighted by atomic mass is 16.6. The van der Waals surface area contributed by atoms with Gasteiger partial charge >= 0.3 is 5.69 Å². The van der Waals surface area contributed by atoms with E-state index in [2.05, 4.69) is 4.98 Å². The molecule has 0 aliphatic heterocycles. The Morgan fingerprint density at radius 3 is 2.75 bits per heavy atom. The van der Waals surface area contributed by atoms with E-state index < -0.39 is 4.92 Å². The van der Waals surface area contributed by atoms with Crippen molar-refractivity contribution in [3.8, 4) is 23.3 Å². The minimum atomic E-state index is -0.565. The fourth-order valence-electron chi connectivity index (χ4n) is 1.52. The van der Waals surface area contributed by atoms with Crippen molar-refractivity contribution in [1.29, 1.82) is 5.26 Å². The number of nitro groups is 1. The molecule has 1 heterocycles. The zero-order valence-electron chi connectivity index (χ0n) is 10.4. The van der Waals surface area contributed by atoms with E-state index in [0.29, 0.717) is 11.5 Å². The van der Waals surface area contributed by atoms with Gasteiger partial charge in [0.1, 0.15) is 23.3 Å². The van der Waals surface area contributed by atoms with Gasteiger partial charge in [-0.05, 0) is 18.2 Å². The number of nitrogens with zero attached hydrogens (tertiary/aromatic N) is 3. The molecule has 0 unspecified atom stereocenters. The van der Waals surface area contributed by atoms with E-state index in [-0.39, 0.29) is 17.1 Å². The molecule has 2 rings (SSSR count). The van der Waals surface area contributed by atoms with Gasteiger partial charge in [-0.2, -0.15) is 5.26 Å². The normalized spacial score (nSPS) is 9.60. The van der Waals surface area contributed by atoms with Crippen LogP contribution in [0.1, 0.15) is 5.69 Å². The topological polar surface area (TPSA) is 98.3 Å². The van der Waals surface area contributed by atoms with E-state index in [9.17, 15) is 10.1 Å². The number of rotatable bonds is 4. The van der Waals surface area contributed by atoms with Crippen LogP contribution in [0.25, 0.3) is 0 Å². The summed E-state index contributed by atoms with van der Waals surface area (Å²) in [6.07, 6.45) is 1.39. The Hall–Kier alpha value is -3.14. The van der Waals surface area contributed by atoms with E-state index in [1.807, 2.05) is 6.07 Å². The molecule has 100 valence electrons. The number of ether oxygens (including phenoxy) is 2. The average Bonchev–Trinajstić information content (AvgIpc) is 2.47. The van der Waals surface area contributed by atoms with Crippen LogP contribution in [0, 0.1) is 21.4 Å². The Morgan fingerprint density at radius 1 is 1.30 bits per heavy atom. The molecule has 1 aromatic carbocycles. The molecule has 0 aliphatic rings. The Morgan fingerprint density at radius 2 is 2.10 bits per heavy atom. The highest BCUT2D eigenvalue weighted by molar-refractivity contribution is 5.52. The van der Waals surface area contributed by atoms with Crippen LogP contribution >= 0.6 is 0 Å². The first kappa shape index (κ1) is 13.3. The molecular weight excluding hydrogens is 262 g/mol. The standard InChI is InChI=1S/C13H9N3O4/c1-19-10-2-3-13(12(7-10)16(17)18)20-11-4-5-15-9(6-11)8-14/h2-7H,1H3. The van der Waals surface area contributed by atoms with E-state index in [1.54, 1.807) is 6.07 Å². The van der Waals surface area contributed by atoms with Crippen LogP contribution in [0.2, 0.25) is 0 Å². The van der Waals surface area contributed by atoms with Crippen molar-refractivity contribution in [3.05, 3.63) is 52.3 Å². The third-order valence-corrected chi connectivity index (χ3v) is 2.44. The molecule has 0 saturated carbocycles. The number of methoxy groups -OCH3 is 1. The molecule has 0 saturated heterocycles. The van der Waals surface area contributed by atoms with Gasteiger partial charge in [0, 0.05) is 12.3 Å². The third kappa shape index (κ3) is 2.81. The zero-order chi connectivity index (χ0) is 14.5. The van der Waals surface area contributed by atoms with Gasteiger partial charge in [-0.1, -0.05) is 0 Å². The van der Waals surface area contributed by atoms with Gasteiger partial charge in [0.2, 0.25) is 5.75 Å². The predicted molar refractivity (Wildman–Crippen MR) is 68.7 cm³/mol. The van der Waals surface area contributed by atoms with E-state index in [0.717, 1.165) is 0 Å². The second kappa shape index (κ2) is 5.67. The molecule has 0 spiro atoms. The molecule has 0 fully saturated rings. The molecule has 2 aromatic rings. The first-order valence-electron chi connectivity index (χ1n) is 5.50. The van der Waals surface area contributed by atoms with E-state index in [1.165, 1.54) is 37.6 Å². The molecule has 0 N–H and O–H groups in total. The van der Waals surface area contributed by atoms with Crippen molar-refractivity contribution in [1.82, 2.24) is 4.98 Å². The minimum absolute atomic E-state index is 0.0610. The van der Waals surface area contributed by atoms with Gasteiger partial charge in [0.15, 0.2) is 0 Å². The predicted octanol–water partition coefficient (Wildman–Crippen LogP) is 2.66. The molecule has 7 nitrogen and oxygen atoms in total. The van der Waals surface area contributed by atoms with Crippen molar-refractivity contribution in [2.45, 2.75) is 0 Å². The number of benzene rings is 1. The summed E-state index contributed by atoms with van der Waals surface area (Å²) in [7, 11) is 1.42. The number of hydrogen-bond donors (Lipinski definition) is 0. The second-order valence-electron chi connectivity index (χ2n) is 3.68. The van der Waals surface area contributed by atoms with E-state index in [4.69, 9.17) is 14.7 Å². The van der Waals surface area contributed by atoms with Crippen LogP contribution in [0.5, 0.6) is 17.2 Å². The van der Waals surface area contributed by atoms with Crippen molar-refractivity contribution < 1.29 is 14.4 Å². The summed E-state index contributed by atoms with van der Waals surface area (Å²) in [5, 5.41) is 19.8. The van der Waals surface area contributed by atoms with Gasteiger partial charge in [-0.25, -0.2) is 4.98 Å². The smallest absolute Gasteiger partial charge is 0.315 e. The quantitative estimate of drug-likeness (QED) is 0.626. The average molecular weight is 271 g/mol. The molecule has 1 aromatic heterocycles. The fourth-order valence-corrected chi connectivity index (χ4v) is 1.52. The van der Waals surface area contributed by atoms with Crippen molar-refractivity contribution in [2.24, 2.45) is 0 Å². The monoisotopic (exact) mass is 271 g/mol. The van der Waals surface area contributed by atoms with Gasteiger partial charge in [-0.3, -0.25) is 10.1 Å². The van der Waals surface area contributed by atoms with Gasteiger partial charge in [0.25, 0.3) is 0 Å². The summed E-state index contributed by atoms with van der Waals surface area (Å²) in [5.74, 6) is 0.715. The molecule has 0 amide bonds. The zero-order valence-corrected chi connectivity index (χ0v) is 10.4. The minimum Gasteiger partial charge on any atom is -0.496 e. The van der Waals surface area contributed by atoms with Gasteiger partial charge in [-0.15, -0.1) is 0 Å². The van der Waals surface area contributed by atoms with Crippen LogP contribution in [-0.2, 0) is 0 Å². The maximum Gasteiger partial charge on any atom is 0.315 e. The van der Waals surface area contributed by atoms with Crippen LogP contribution in [-0.4, -0.2) is 17.0 Å². The lowest BCUT2D eigenvalue weighted by molar-refractivity contribution is -0.385. The summed E-state index contributed by atoms with van der Waals surface area (Å²) in [5.41, 5.74) is -0.0571. The molecule has 20 heavy (non-hydrogen) atoms.